The minimum absolute atomic E-state index is 0.0459. The van der Waals surface area contributed by atoms with E-state index in [-0.39, 0.29) is 12.1 Å². The second-order valence-electron chi connectivity index (χ2n) is 3.80. The van der Waals surface area contributed by atoms with E-state index in [0.29, 0.717) is 24.7 Å². The molecule has 0 aromatic carbocycles. The van der Waals surface area contributed by atoms with Crippen LogP contribution in [0.1, 0.15) is 23.2 Å². The monoisotopic (exact) mass is 237 g/mol. The Labute approximate surface area is 99.7 Å². The Balaban J connectivity index is 1.98. The number of pyridine rings is 1. The number of nitrogens with zero attached hydrogens (tertiary/aromatic N) is 1. The number of carbonyl (C=O) groups excluding carboxylic acids is 1. The molecule has 2 heterocycles. The zero-order valence-electron chi connectivity index (χ0n) is 9.72. The topological polar surface area (TPSA) is 57.7 Å². The van der Waals surface area contributed by atoms with Gasteiger partial charge < -0.3 is 14.2 Å². The van der Waals surface area contributed by atoms with Crippen LogP contribution in [0.3, 0.4) is 0 Å². The van der Waals surface area contributed by atoms with Gasteiger partial charge in [0.25, 0.3) is 0 Å². The zero-order valence-corrected chi connectivity index (χ0v) is 9.72. The van der Waals surface area contributed by atoms with Gasteiger partial charge in [0.15, 0.2) is 0 Å². The van der Waals surface area contributed by atoms with E-state index in [1.54, 1.807) is 12.1 Å². The summed E-state index contributed by atoms with van der Waals surface area (Å²) in [6.45, 7) is 1.30. The van der Waals surface area contributed by atoms with Crippen molar-refractivity contribution in [2.45, 2.75) is 18.9 Å². The van der Waals surface area contributed by atoms with Crippen LogP contribution in [0.2, 0.25) is 0 Å². The van der Waals surface area contributed by atoms with Gasteiger partial charge in [0.1, 0.15) is 6.10 Å². The summed E-state index contributed by atoms with van der Waals surface area (Å²) < 4.78 is 15.5. The third-order valence-electron chi connectivity index (χ3n) is 2.62. The molecular weight excluding hydrogens is 222 g/mol. The van der Waals surface area contributed by atoms with E-state index < -0.39 is 0 Å². The van der Waals surface area contributed by atoms with E-state index in [9.17, 15) is 4.79 Å². The molecule has 1 aromatic heterocycles. The molecule has 5 nitrogen and oxygen atoms in total. The standard InChI is InChI=1S/C12H15NO4/c1-15-11-8-9(2-5-13-11)12(14)17-10-3-6-16-7-4-10/h2,5,8,10H,3-4,6-7H2,1H3. The Hall–Kier alpha value is -1.62. The van der Waals surface area contributed by atoms with Gasteiger partial charge in [-0.2, -0.15) is 0 Å². The molecule has 0 aliphatic carbocycles. The molecule has 0 atom stereocenters. The lowest BCUT2D eigenvalue weighted by molar-refractivity contribution is -0.0159. The predicted molar refractivity (Wildman–Crippen MR) is 60.0 cm³/mol. The van der Waals surface area contributed by atoms with Crippen LogP contribution in [-0.4, -0.2) is 37.4 Å². The molecule has 0 radical (unpaired) electrons. The second kappa shape index (κ2) is 5.63. The minimum atomic E-state index is -0.336. The lowest BCUT2D eigenvalue weighted by Gasteiger charge is -2.22. The summed E-state index contributed by atoms with van der Waals surface area (Å²) >= 11 is 0. The summed E-state index contributed by atoms with van der Waals surface area (Å²) in [6, 6.07) is 3.19. The van der Waals surface area contributed by atoms with Crippen molar-refractivity contribution in [1.29, 1.82) is 0 Å². The van der Waals surface area contributed by atoms with E-state index in [1.165, 1.54) is 13.3 Å². The minimum Gasteiger partial charge on any atom is -0.481 e. The van der Waals surface area contributed by atoms with Gasteiger partial charge >= 0.3 is 5.97 Å². The molecule has 0 saturated carbocycles. The average Bonchev–Trinajstić information content (AvgIpc) is 2.40. The van der Waals surface area contributed by atoms with Crippen molar-refractivity contribution in [1.82, 2.24) is 4.98 Å². The molecule has 2 rings (SSSR count). The lowest BCUT2D eigenvalue weighted by atomic mass is 10.1. The number of methoxy groups -OCH3 is 1. The highest BCUT2D eigenvalue weighted by Crippen LogP contribution is 2.15. The third kappa shape index (κ3) is 3.17. The Bertz CT molecular complexity index is 388. The van der Waals surface area contributed by atoms with Gasteiger partial charge in [-0.3, -0.25) is 0 Å². The van der Waals surface area contributed by atoms with Crippen LogP contribution in [-0.2, 0) is 9.47 Å². The maximum Gasteiger partial charge on any atom is 0.338 e. The van der Waals surface area contributed by atoms with Crippen LogP contribution < -0.4 is 4.74 Å². The van der Waals surface area contributed by atoms with E-state index in [0.717, 1.165) is 12.8 Å². The van der Waals surface area contributed by atoms with Crippen LogP contribution in [0.4, 0.5) is 0 Å². The quantitative estimate of drug-likeness (QED) is 0.744. The SMILES string of the molecule is COc1cc(C(=O)OC2CCOCC2)ccn1. The molecule has 0 N–H and O–H groups in total. The smallest absolute Gasteiger partial charge is 0.338 e. The summed E-state index contributed by atoms with van der Waals surface area (Å²) in [5, 5.41) is 0. The molecule has 17 heavy (non-hydrogen) atoms. The molecule has 0 spiro atoms. The van der Waals surface area contributed by atoms with Crippen molar-refractivity contribution in [3.05, 3.63) is 23.9 Å². The van der Waals surface area contributed by atoms with E-state index >= 15 is 0 Å². The van der Waals surface area contributed by atoms with Crippen molar-refractivity contribution in [2.75, 3.05) is 20.3 Å². The van der Waals surface area contributed by atoms with Crippen LogP contribution in [0.15, 0.2) is 18.3 Å². The molecule has 1 saturated heterocycles. The lowest BCUT2D eigenvalue weighted by Crippen LogP contribution is -2.26. The molecule has 0 unspecified atom stereocenters. The summed E-state index contributed by atoms with van der Waals surface area (Å²) in [7, 11) is 1.51. The largest absolute Gasteiger partial charge is 0.481 e. The van der Waals surface area contributed by atoms with E-state index in [4.69, 9.17) is 14.2 Å². The van der Waals surface area contributed by atoms with Crippen molar-refractivity contribution >= 4 is 5.97 Å². The number of esters is 1. The number of ether oxygens (including phenoxy) is 3. The molecule has 1 fully saturated rings. The fourth-order valence-electron chi connectivity index (χ4n) is 1.66. The zero-order chi connectivity index (χ0) is 12.1. The first-order chi connectivity index (χ1) is 8.29. The highest BCUT2D eigenvalue weighted by atomic mass is 16.6. The maximum atomic E-state index is 11.8. The number of hydrogen-bond acceptors (Lipinski definition) is 5. The maximum absolute atomic E-state index is 11.8. The molecule has 1 aliphatic heterocycles. The highest BCUT2D eigenvalue weighted by molar-refractivity contribution is 5.89. The normalized spacial score (nSPS) is 16.5. The highest BCUT2D eigenvalue weighted by Gasteiger charge is 2.19. The molecule has 0 amide bonds. The van der Waals surface area contributed by atoms with Crippen molar-refractivity contribution in [2.24, 2.45) is 0 Å². The van der Waals surface area contributed by atoms with Gasteiger partial charge in [0.05, 0.1) is 25.9 Å². The summed E-state index contributed by atoms with van der Waals surface area (Å²) in [5.74, 6) is 0.0732. The van der Waals surface area contributed by atoms with E-state index in [1.807, 2.05) is 0 Å². The molecular formula is C12H15NO4. The number of aromatic nitrogens is 1. The van der Waals surface area contributed by atoms with Crippen LogP contribution in [0, 0.1) is 0 Å². The number of carbonyl (C=O) groups is 1. The van der Waals surface area contributed by atoms with Crippen LogP contribution in [0.25, 0.3) is 0 Å². The van der Waals surface area contributed by atoms with E-state index in [2.05, 4.69) is 4.98 Å². The Morgan fingerprint density at radius 3 is 2.94 bits per heavy atom. The van der Waals surface area contributed by atoms with Gasteiger partial charge in [-0.05, 0) is 6.07 Å². The van der Waals surface area contributed by atoms with Crippen LogP contribution in [0.5, 0.6) is 5.88 Å². The first kappa shape index (κ1) is 11.9. The second-order valence-corrected chi connectivity index (χ2v) is 3.80. The molecule has 1 aliphatic rings. The fourth-order valence-corrected chi connectivity index (χ4v) is 1.66. The molecule has 0 bridgehead atoms. The van der Waals surface area contributed by atoms with Gasteiger partial charge in [-0.25, -0.2) is 9.78 Å². The van der Waals surface area contributed by atoms with Crippen molar-refractivity contribution in [3.8, 4) is 5.88 Å². The van der Waals surface area contributed by atoms with Crippen molar-refractivity contribution < 1.29 is 19.0 Å². The van der Waals surface area contributed by atoms with Gasteiger partial charge in [0, 0.05) is 25.1 Å². The Morgan fingerprint density at radius 1 is 1.47 bits per heavy atom. The molecule has 1 aromatic rings. The van der Waals surface area contributed by atoms with Gasteiger partial charge in [-0.1, -0.05) is 0 Å². The number of rotatable bonds is 3. The number of hydrogen-bond donors (Lipinski definition) is 0. The van der Waals surface area contributed by atoms with Gasteiger partial charge in [-0.15, -0.1) is 0 Å². The first-order valence-corrected chi connectivity index (χ1v) is 5.58. The molecule has 92 valence electrons. The average molecular weight is 237 g/mol. The first-order valence-electron chi connectivity index (χ1n) is 5.58. The van der Waals surface area contributed by atoms with Gasteiger partial charge in [0.2, 0.25) is 5.88 Å². The predicted octanol–water partition coefficient (Wildman–Crippen LogP) is 1.43. The summed E-state index contributed by atoms with van der Waals surface area (Å²) in [4.78, 5) is 15.8. The molecule has 5 heteroatoms. The Kier molecular flexibility index (Phi) is 3.93. The fraction of sp³-hybridized carbons (Fsp3) is 0.500. The summed E-state index contributed by atoms with van der Waals surface area (Å²) in [5.41, 5.74) is 0.461. The summed E-state index contributed by atoms with van der Waals surface area (Å²) in [6.07, 6.45) is 3.00. The van der Waals surface area contributed by atoms with Crippen LogP contribution >= 0.6 is 0 Å². The Morgan fingerprint density at radius 2 is 2.24 bits per heavy atom. The third-order valence-corrected chi connectivity index (χ3v) is 2.62. The van der Waals surface area contributed by atoms with Crippen molar-refractivity contribution in [3.63, 3.8) is 0 Å².